The number of hydrogen-bond donors (Lipinski definition) is 2. The van der Waals surface area contributed by atoms with Crippen molar-refractivity contribution < 1.29 is 9.47 Å². The van der Waals surface area contributed by atoms with Crippen LogP contribution in [0.25, 0.3) is 0 Å². The van der Waals surface area contributed by atoms with Crippen LogP contribution < -0.4 is 20.7 Å². The molecule has 4 nitrogen and oxygen atoms in total. The molecule has 0 amide bonds. The van der Waals surface area contributed by atoms with Gasteiger partial charge in [0.15, 0.2) is 0 Å². The van der Waals surface area contributed by atoms with Gasteiger partial charge in [0, 0.05) is 11.6 Å². The summed E-state index contributed by atoms with van der Waals surface area (Å²) in [6.45, 7) is 0. The second-order valence-corrected chi connectivity index (χ2v) is 5.50. The van der Waals surface area contributed by atoms with Crippen molar-refractivity contribution in [3.05, 3.63) is 23.8 Å². The van der Waals surface area contributed by atoms with Crippen molar-refractivity contribution in [3.8, 4) is 11.5 Å². The van der Waals surface area contributed by atoms with Crippen LogP contribution in [0, 0.1) is 5.92 Å². The van der Waals surface area contributed by atoms with Crippen molar-refractivity contribution in [2.24, 2.45) is 11.8 Å². The molecule has 112 valence electrons. The molecule has 0 saturated heterocycles. The largest absolute Gasteiger partial charge is 0.497 e. The molecule has 1 aromatic carbocycles. The van der Waals surface area contributed by atoms with E-state index >= 15 is 0 Å². The molecule has 1 aromatic rings. The zero-order chi connectivity index (χ0) is 14.4. The molecule has 1 aliphatic rings. The van der Waals surface area contributed by atoms with E-state index in [1.165, 1.54) is 38.5 Å². The van der Waals surface area contributed by atoms with Gasteiger partial charge in [0.2, 0.25) is 0 Å². The molecule has 0 spiro atoms. The fraction of sp³-hybridized carbons (Fsp3) is 0.625. The third-order valence-corrected chi connectivity index (χ3v) is 4.33. The minimum absolute atomic E-state index is 0.147. The van der Waals surface area contributed by atoms with Gasteiger partial charge in [-0.15, -0.1) is 0 Å². The van der Waals surface area contributed by atoms with E-state index in [0.29, 0.717) is 5.92 Å². The van der Waals surface area contributed by atoms with Gasteiger partial charge in [0.25, 0.3) is 0 Å². The van der Waals surface area contributed by atoms with E-state index < -0.39 is 0 Å². The molecule has 0 radical (unpaired) electrons. The van der Waals surface area contributed by atoms with Crippen LogP contribution >= 0.6 is 0 Å². The first-order valence-corrected chi connectivity index (χ1v) is 7.48. The highest BCUT2D eigenvalue weighted by Gasteiger charge is 2.25. The van der Waals surface area contributed by atoms with Crippen molar-refractivity contribution in [1.29, 1.82) is 0 Å². The first-order valence-electron chi connectivity index (χ1n) is 7.48. The lowest BCUT2D eigenvalue weighted by Crippen LogP contribution is -2.33. The number of ether oxygens (including phenoxy) is 2. The van der Waals surface area contributed by atoms with Crippen LogP contribution in [0.3, 0.4) is 0 Å². The molecular formula is C16H26N2O2. The number of hydrogen-bond acceptors (Lipinski definition) is 4. The van der Waals surface area contributed by atoms with Crippen LogP contribution in [0.5, 0.6) is 11.5 Å². The highest BCUT2D eigenvalue weighted by molar-refractivity contribution is 5.42. The summed E-state index contributed by atoms with van der Waals surface area (Å²) in [6.07, 6.45) is 7.72. The Bertz CT molecular complexity index is 415. The molecule has 1 fully saturated rings. The fourth-order valence-electron chi connectivity index (χ4n) is 3.20. The average molecular weight is 278 g/mol. The maximum atomic E-state index is 5.84. The molecular weight excluding hydrogens is 252 g/mol. The second kappa shape index (κ2) is 7.50. The monoisotopic (exact) mass is 278 g/mol. The molecule has 1 atom stereocenters. The molecule has 1 unspecified atom stereocenters. The van der Waals surface area contributed by atoms with Crippen LogP contribution in [-0.2, 0) is 0 Å². The molecule has 3 N–H and O–H groups in total. The first kappa shape index (κ1) is 15.1. The highest BCUT2D eigenvalue weighted by atomic mass is 16.5. The van der Waals surface area contributed by atoms with E-state index in [1.54, 1.807) is 14.2 Å². The number of hydrazine groups is 1. The van der Waals surface area contributed by atoms with Gasteiger partial charge in [-0.2, -0.15) is 0 Å². The van der Waals surface area contributed by atoms with Crippen molar-refractivity contribution in [3.63, 3.8) is 0 Å². The average Bonchev–Trinajstić information content (AvgIpc) is 2.77. The van der Waals surface area contributed by atoms with Crippen LogP contribution in [0.15, 0.2) is 18.2 Å². The van der Waals surface area contributed by atoms with E-state index in [1.807, 2.05) is 12.1 Å². The topological polar surface area (TPSA) is 56.5 Å². The standard InChI is InChI=1S/C16H26N2O2/c1-19-13-9-10-14(15(11-13)20-2)16(18-17)12-7-5-3-4-6-8-12/h9-12,16,18H,3-8,17H2,1-2H3. The number of benzene rings is 1. The lowest BCUT2D eigenvalue weighted by atomic mass is 9.87. The second-order valence-electron chi connectivity index (χ2n) is 5.50. The molecule has 1 aliphatic carbocycles. The van der Waals surface area contributed by atoms with Gasteiger partial charge in [0.05, 0.1) is 20.3 Å². The summed E-state index contributed by atoms with van der Waals surface area (Å²) < 4.78 is 10.8. The zero-order valence-electron chi connectivity index (χ0n) is 12.5. The normalized spacial score (nSPS) is 18.4. The number of methoxy groups -OCH3 is 2. The SMILES string of the molecule is COc1ccc(C(NN)C2CCCCCC2)c(OC)c1. The van der Waals surface area contributed by atoms with Crippen molar-refractivity contribution in [2.45, 2.75) is 44.6 Å². The maximum Gasteiger partial charge on any atom is 0.127 e. The summed E-state index contributed by atoms with van der Waals surface area (Å²) in [5, 5.41) is 0. The Balaban J connectivity index is 2.25. The zero-order valence-corrected chi connectivity index (χ0v) is 12.5. The molecule has 20 heavy (non-hydrogen) atoms. The summed E-state index contributed by atoms with van der Waals surface area (Å²) in [7, 11) is 3.36. The third-order valence-electron chi connectivity index (χ3n) is 4.33. The Kier molecular flexibility index (Phi) is 5.68. The van der Waals surface area contributed by atoms with Gasteiger partial charge in [-0.3, -0.25) is 11.3 Å². The van der Waals surface area contributed by atoms with Gasteiger partial charge in [0.1, 0.15) is 11.5 Å². The predicted octanol–water partition coefficient (Wildman–Crippen LogP) is 3.18. The maximum absolute atomic E-state index is 5.84. The first-order chi connectivity index (χ1) is 9.80. The molecule has 0 aromatic heterocycles. The number of rotatable bonds is 5. The van der Waals surface area contributed by atoms with Crippen molar-refractivity contribution in [1.82, 2.24) is 5.43 Å². The molecule has 0 aliphatic heterocycles. The quantitative estimate of drug-likeness (QED) is 0.493. The third kappa shape index (κ3) is 3.44. The Morgan fingerprint density at radius 1 is 1.10 bits per heavy atom. The van der Waals surface area contributed by atoms with Gasteiger partial charge < -0.3 is 9.47 Å². The van der Waals surface area contributed by atoms with Gasteiger partial charge >= 0.3 is 0 Å². The van der Waals surface area contributed by atoms with Crippen LogP contribution in [0.4, 0.5) is 0 Å². The van der Waals surface area contributed by atoms with Gasteiger partial charge in [-0.1, -0.05) is 31.7 Å². The fourth-order valence-corrected chi connectivity index (χ4v) is 3.20. The summed E-state index contributed by atoms with van der Waals surface area (Å²) in [4.78, 5) is 0. The van der Waals surface area contributed by atoms with Crippen LogP contribution in [0.2, 0.25) is 0 Å². The minimum atomic E-state index is 0.147. The van der Waals surface area contributed by atoms with E-state index in [4.69, 9.17) is 15.3 Å². The number of nitrogens with one attached hydrogen (secondary N) is 1. The van der Waals surface area contributed by atoms with Gasteiger partial charge in [-0.25, -0.2) is 0 Å². The van der Waals surface area contributed by atoms with E-state index in [0.717, 1.165) is 17.1 Å². The summed E-state index contributed by atoms with van der Waals surface area (Å²) in [5.74, 6) is 8.07. The van der Waals surface area contributed by atoms with E-state index in [9.17, 15) is 0 Å². The Hall–Kier alpha value is -1.26. The molecule has 0 bridgehead atoms. The molecule has 0 heterocycles. The minimum Gasteiger partial charge on any atom is -0.497 e. The van der Waals surface area contributed by atoms with Crippen molar-refractivity contribution >= 4 is 0 Å². The lowest BCUT2D eigenvalue weighted by molar-refractivity contribution is 0.314. The Labute approximate surface area is 121 Å². The Morgan fingerprint density at radius 3 is 2.35 bits per heavy atom. The van der Waals surface area contributed by atoms with Crippen LogP contribution in [0.1, 0.15) is 50.1 Å². The van der Waals surface area contributed by atoms with Gasteiger partial charge in [-0.05, 0) is 24.8 Å². The Morgan fingerprint density at radius 2 is 1.80 bits per heavy atom. The number of nitrogens with two attached hydrogens (primary N) is 1. The smallest absolute Gasteiger partial charge is 0.127 e. The van der Waals surface area contributed by atoms with E-state index in [2.05, 4.69) is 11.5 Å². The lowest BCUT2D eigenvalue weighted by Gasteiger charge is -2.27. The van der Waals surface area contributed by atoms with Crippen LogP contribution in [-0.4, -0.2) is 14.2 Å². The molecule has 1 saturated carbocycles. The molecule has 2 rings (SSSR count). The van der Waals surface area contributed by atoms with E-state index in [-0.39, 0.29) is 6.04 Å². The highest BCUT2D eigenvalue weighted by Crippen LogP contribution is 2.38. The summed E-state index contributed by atoms with van der Waals surface area (Å²) in [6, 6.07) is 6.11. The predicted molar refractivity (Wildman–Crippen MR) is 80.8 cm³/mol. The summed E-state index contributed by atoms with van der Waals surface area (Å²) in [5.41, 5.74) is 4.13. The molecule has 4 heteroatoms. The summed E-state index contributed by atoms with van der Waals surface area (Å²) >= 11 is 0. The van der Waals surface area contributed by atoms with Crippen molar-refractivity contribution in [2.75, 3.05) is 14.2 Å².